The van der Waals surface area contributed by atoms with Crippen molar-refractivity contribution in [3.05, 3.63) is 59.7 Å². The lowest BCUT2D eigenvalue weighted by atomic mass is 10.2. The van der Waals surface area contributed by atoms with Crippen molar-refractivity contribution >= 4 is 34.1 Å². The lowest BCUT2D eigenvalue weighted by molar-refractivity contribution is 0.0661. The minimum absolute atomic E-state index is 0.0128. The number of aromatic nitrogens is 4. The van der Waals surface area contributed by atoms with Crippen LogP contribution in [0.3, 0.4) is 0 Å². The number of hydrogen-bond donors (Lipinski definition) is 2. The monoisotopic (exact) mass is 591 g/mol. The van der Waals surface area contributed by atoms with Gasteiger partial charge in [-0.3, -0.25) is 4.79 Å². The van der Waals surface area contributed by atoms with E-state index in [9.17, 15) is 9.18 Å². The number of ether oxygens (including phenoxy) is 1. The van der Waals surface area contributed by atoms with Gasteiger partial charge in [0.2, 0.25) is 5.88 Å². The molecular weight excluding hydrogens is 556 g/mol. The molecule has 5 heterocycles. The average molecular weight is 592 g/mol. The highest BCUT2D eigenvalue weighted by atomic mass is 19.1. The quantitative estimate of drug-likeness (QED) is 0.330. The van der Waals surface area contributed by atoms with Crippen LogP contribution in [0.4, 0.5) is 26.1 Å². The fourth-order valence-corrected chi connectivity index (χ4v) is 5.51. The number of hydrogen-bond acceptors (Lipinski definition) is 9. The topological polar surface area (TPSA) is 106 Å². The minimum atomic E-state index is -0.760. The Morgan fingerprint density at radius 1 is 1.02 bits per heavy atom. The lowest BCUT2D eigenvalue weighted by Gasteiger charge is -2.35. The maximum absolute atomic E-state index is 15.5. The molecular formula is C30H35F2N9O2. The number of aromatic amines is 1. The molecule has 3 aromatic heterocycles. The summed E-state index contributed by atoms with van der Waals surface area (Å²) < 4.78 is 36.2. The number of halogens is 2. The van der Waals surface area contributed by atoms with Crippen molar-refractivity contribution in [1.82, 2.24) is 34.6 Å². The van der Waals surface area contributed by atoms with Crippen LogP contribution in [-0.4, -0.2) is 106 Å². The summed E-state index contributed by atoms with van der Waals surface area (Å²) in [7, 11) is 1.99. The highest BCUT2D eigenvalue weighted by Crippen LogP contribution is 2.35. The van der Waals surface area contributed by atoms with Crippen molar-refractivity contribution < 1.29 is 18.3 Å². The third-order valence-corrected chi connectivity index (χ3v) is 8.10. The molecule has 0 spiro atoms. The molecule has 13 heteroatoms. The first kappa shape index (κ1) is 28.7. The fraction of sp³-hybridized carbons (Fsp3) is 0.400. The van der Waals surface area contributed by atoms with E-state index in [1.165, 1.54) is 12.4 Å². The summed E-state index contributed by atoms with van der Waals surface area (Å²) in [6.07, 6.45) is 3.00. The molecule has 11 nitrogen and oxygen atoms in total. The van der Waals surface area contributed by atoms with Crippen LogP contribution < -0.4 is 15.0 Å². The second kappa shape index (κ2) is 12.1. The average Bonchev–Trinajstić information content (AvgIpc) is 3.43. The number of anilines is 3. The first-order valence-corrected chi connectivity index (χ1v) is 14.5. The molecule has 2 aliphatic heterocycles. The first-order valence-electron chi connectivity index (χ1n) is 14.5. The second-order valence-corrected chi connectivity index (χ2v) is 11.0. The molecule has 0 radical (unpaired) electrons. The number of nitrogens with zero attached hydrogens (tertiary/aromatic N) is 7. The van der Waals surface area contributed by atoms with Crippen molar-refractivity contribution in [3.63, 3.8) is 0 Å². The van der Waals surface area contributed by atoms with Crippen molar-refractivity contribution in [1.29, 1.82) is 0 Å². The predicted molar refractivity (Wildman–Crippen MR) is 160 cm³/mol. The van der Waals surface area contributed by atoms with Crippen LogP contribution >= 0.6 is 0 Å². The van der Waals surface area contributed by atoms with Crippen LogP contribution in [0.5, 0.6) is 11.6 Å². The van der Waals surface area contributed by atoms with E-state index in [0.29, 0.717) is 37.7 Å². The number of fused-ring (bicyclic) bond motifs is 1. The number of carbonyl (C=O) groups is 1. The summed E-state index contributed by atoms with van der Waals surface area (Å²) in [5, 5.41) is 3.18. The molecule has 0 bridgehead atoms. The summed E-state index contributed by atoms with van der Waals surface area (Å²) in [6, 6.07) is 6.26. The molecule has 6 rings (SSSR count). The molecule has 226 valence electrons. The van der Waals surface area contributed by atoms with Gasteiger partial charge in [0.25, 0.3) is 5.91 Å². The molecule has 1 aromatic carbocycles. The third kappa shape index (κ3) is 5.95. The van der Waals surface area contributed by atoms with Crippen LogP contribution in [0, 0.1) is 18.6 Å². The van der Waals surface area contributed by atoms with Crippen molar-refractivity contribution in [3.8, 4) is 11.6 Å². The molecule has 2 N–H and O–H groups in total. The van der Waals surface area contributed by atoms with Crippen molar-refractivity contribution in [2.75, 3.05) is 76.2 Å². The van der Waals surface area contributed by atoms with E-state index >= 15 is 4.39 Å². The number of carbonyl (C=O) groups excluding carboxylic acids is 1. The Balaban J connectivity index is 1.31. The van der Waals surface area contributed by atoms with Crippen LogP contribution in [0.2, 0.25) is 0 Å². The molecule has 0 atom stereocenters. The smallest absolute Gasteiger partial charge is 0.263 e. The van der Waals surface area contributed by atoms with Crippen LogP contribution in [0.25, 0.3) is 10.9 Å². The number of H-pyrrole nitrogens is 1. The zero-order chi connectivity index (χ0) is 30.1. The van der Waals surface area contributed by atoms with Gasteiger partial charge in [0, 0.05) is 69.5 Å². The molecule has 2 aliphatic rings. The van der Waals surface area contributed by atoms with E-state index in [1.807, 2.05) is 19.2 Å². The van der Waals surface area contributed by atoms with E-state index < -0.39 is 11.6 Å². The van der Waals surface area contributed by atoms with Gasteiger partial charge in [0.15, 0.2) is 23.2 Å². The number of piperazine rings is 2. The van der Waals surface area contributed by atoms with Gasteiger partial charge in [-0.25, -0.2) is 23.7 Å². The Labute approximate surface area is 248 Å². The summed E-state index contributed by atoms with van der Waals surface area (Å²) in [6.45, 7) is 11.1. The number of amides is 1. The number of rotatable bonds is 7. The van der Waals surface area contributed by atoms with Gasteiger partial charge in [-0.2, -0.15) is 0 Å². The maximum atomic E-state index is 15.5. The van der Waals surface area contributed by atoms with E-state index in [-0.39, 0.29) is 39.8 Å². The lowest BCUT2D eigenvalue weighted by Crippen LogP contribution is -2.47. The third-order valence-electron chi connectivity index (χ3n) is 8.10. The number of likely N-dealkylation sites (N-methyl/N-ethyl adjacent to an activating group) is 2. The Bertz CT molecular complexity index is 1610. The highest BCUT2D eigenvalue weighted by molar-refractivity contribution is 6.01. The van der Waals surface area contributed by atoms with Gasteiger partial charge in [-0.15, -0.1) is 0 Å². The van der Waals surface area contributed by atoms with E-state index in [4.69, 9.17) is 4.74 Å². The Morgan fingerprint density at radius 2 is 1.79 bits per heavy atom. The Hall–Kier alpha value is -4.36. The number of benzene rings is 1. The molecule has 0 aliphatic carbocycles. The standard InChI is InChI=1S/C30H35F2N9O2/c1-4-39-9-13-40(14-10-39)20-5-6-24(33-17-20)37-28-25(30(42)41-11-7-38(3)8-12-41)29(35-18-34-28)43-23-16-22(31)27-21(26(23)32)15-19(2)36-27/h5-6,15-18,36H,4,7-14H2,1-3H3,(H,33,34,35,37). The zero-order valence-corrected chi connectivity index (χ0v) is 24.5. The van der Waals surface area contributed by atoms with Gasteiger partial charge < -0.3 is 34.6 Å². The fourth-order valence-electron chi connectivity index (χ4n) is 5.51. The molecule has 4 aromatic rings. The number of pyridine rings is 1. The van der Waals surface area contributed by atoms with Gasteiger partial charge >= 0.3 is 0 Å². The van der Waals surface area contributed by atoms with Gasteiger partial charge in [-0.1, -0.05) is 6.92 Å². The first-order chi connectivity index (χ1) is 20.8. The molecule has 2 saturated heterocycles. The van der Waals surface area contributed by atoms with Crippen LogP contribution in [0.1, 0.15) is 23.0 Å². The Morgan fingerprint density at radius 3 is 2.49 bits per heavy atom. The van der Waals surface area contributed by atoms with Gasteiger partial charge in [0.1, 0.15) is 17.7 Å². The molecule has 1 amide bonds. The summed E-state index contributed by atoms with van der Waals surface area (Å²) in [5.74, 6) is -1.76. The molecule has 2 fully saturated rings. The van der Waals surface area contributed by atoms with E-state index in [1.54, 1.807) is 18.0 Å². The largest absolute Gasteiger partial charge is 0.435 e. The summed E-state index contributed by atoms with van der Waals surface area (Å²) >= 11 is 0. The van der Waals surface area contributed by atoms with E-state index in [2.05, 4.69) is 46.9 Å². The Kier molecular flexibility index (Phi) is 8.08. The minimum Gasteiger partial charge on any atom is -0.435 e. The van der Waals surface area contributed by atoms with Crippen molar-refractivity contribution in [2.24, 2.45) is 0 Å². The maximum Gasteiger partial charge on any atom is 0.263 e. The summed E-state index contributed by atoms with van der Waals surface area (Å²) in [5.41, 5.74) is 1.67. The van der Waals surface area contributed by atoms with Crippen LogP contribution in [0.15, 0.2) is 36.8 Å². The molecule has 0 saturated carbocycles. The van der Waals surface area contributed by atoms with E-state index in [0.717, 1.165) is 44.5 Å². The summed E-state index contributed by atoms with van der Waals surface area (Å²) in [4.78, 5) is 38.3. The van der Waals surface area contributed by atoms with Gasteiger partial charge in [-0.05, 0) is 38.7 Å². The normalized spacial score (nSPS) is 16.6. The number of aryl methyl sites for hydroxylation is 1. The highest BCUT2D eigenvalue weighted by Gasteiger charge is 2.29. The molecule has 43 heavy (non-hydrogen) atoms. The predicted octanol–water partition coefficient (Wildman–Crippen LogP) is 4.00. The van der Waals surface area contributed by atoms with Gasteiger partial charge in [0.05, 0.1) is 17.4 Å². The van der Waals surface area contributed by atoms with Crippen LogP contribution in [-0.2, 0) is 0 Å². The SMILES string of the molecule is CCN1CCN(c2ccc(Nc3ncnc(Oc4cc(F)c5[nH]c(C)cc5c4F)c3C(=O)N3CCN(C)CC3)nc2)CC1. The second-order valence-electron chi connectivity index (χ2n) is 11.0. The zero-order valence-electron chi connectivity index (χ0n) is 24.5. The molecule has 0 unspecified atom stereocenters. The number of nitrogens with one attached hydrogen (secondary N) is 2. The van der Waals surface area contributed by atoms with Crippen molar-refractivity contribution in [2.45, 2.75) is 13.8 Å².